The Morgan fingerprint density at radius 2 is 2.31 bits per heavy atom. The number of hydrogen-bond acceptors (Lipinski definition) is 3. The SMILES string of the molecule is C=C(C)CCOc1cccc(SC)c1C#N. The fraction of sp³-hybridized carbons (Fsp3) is 0.308. The van der Waals surface area contributed by atoms with Gasteiger partial charge in [-0.25, -0.2) is 0 Å². The molecule has 1 aromatic rings. The van der Waals surface area contributed by atoms with Crippen molar-refractivity contribution in [2.24, 2.45) is 0 Å². The van der Waals surface area contributed by atoms with E-state index < -0.39 is 0 Å². The fourth-order valence-electron chi connectivity index (χ4n) is 1.25. The Bertz CT molecular complexity index is 420. The Labute approximate surface area is 101 Å². The Balaban J connectivity index is 2.80. The summed E-state index contributed by atoms with van der Waals surface area (Å²) >= 11 is 1.55. The summed E-state index contributed by atoms with van der Waals surface area (Å²) in [7, 11) is 0. The van der Waals surface area contributed by atoms with Gasteiger partial charge >= 0.3 is 0 Å². The van der Waals surface area contributed by atoms with Crippen molar-refractivity contribution in [1.82, 2.24) is 0 Å². The molecule has 0 aliphatic heterocycles. The lowest BCUT2D eigenvalue weighted by Gasteiger charge is -2.09. The molecule has 0 spiro atoms. The van der Waals surface area contributed by atoms with Gasteiger partial charge in [-0.05, 0) is 25.3 Å². The Morgan fingerprint density at radius 3 is 2.88 bits per heavy atom. The van der Waals surface area contributed by atoms with Gasteiger partial charge in [-0.2, -0.15) is 5.26 Å². The number of ether oxygens (including phenoxy) is 1. The molecular weight excluding hydrogens is 218 g/mol. The van der Waals surface area contributed by atoms with Crippen LogP contribution in [0.2, 0.25) is 0 Å². The van der Waals surface area contributed by atoms with Crippen molar-refractivity contribution in [3.05, 3.63) is 35.9 Å². The largest absolute Gasteiger partial charge is 0.492 e. The van der Waals surface area contributed by atoms with Crippen LogP contribution in [-0.4, -0.2) is 12.9 Å². The van der Waals surface area contributed by atoms with Crippen molar-refractivity contribution in [3.63, 3.8) is 0 Å². The third kappa shape index (κ3) is 3.32. The summed E-state index contributed by atoms with van der Waals surface area (Å²) in [4.78, 5) is 0.954. The van der Waals surface area contributed by atoms with Gasteiger partial charge < -0.3 is 4.74 Å². The first-order chi connectivity index (χ1) is 7.69. The predicted octanol–water partition coefficient (Wildman–Crippen LogP) is 3.63. The fourth-order valence-corrected chi connectivity index (χ4v) is 1.81. The van der Waals surface area contributed by atoms with Crippen LogP contribution in [0.5, 0.6) is 5.75 Å². The van der Waals surface area contributed by atoms with E-state index in [0.717, 1.165) is 16.9 Å². The second-order valence-electron chi connectivity index (χ2n) is 3.50. The van der Waals surface area contributed by atoms with Crippen LogP contribution in [0, 0.1) is 11.3 Å². The van der Waals surface area contributed by atoms with E-state index in [-0.39, 0.29) is 0 Å². The monoisotopic (exact) mass is 233 g/mol. The summed E-state index contributed by atoms with van der Waals surface area (Å²) in [5.74, 6) is 0.663. The molecule has 0 heterocycles. The van der Waals surface area contributed by atoms with Crippen LogP contribution in [0.15, 0.2) is 35.2 Å². The molecule has 0 bridgehead atoms. The Morgan fingerprint density at radius 1 is 1.56 bits per heavy atom. The average Bonchev–Trinajstić information content (AvgIpc) is 2.28. The van der Waals surface area contributed by atoms with E-state index in [9.17, 15) is 0 Å². The standard InChI is InChI=1S/C13H15NOS/c1-10(2)7-8-15-12-5-4-6-13(16-3)11(12)9-14/h4-6H,1,7-8H2,2-3H3. The van der Waals surface area contributed by atoms with E-state index in [1.54, 1.807) is 11.8 Å². The molecule has 1 rings (SSSR count). The van der Waals surface area contributed by atoms with Crippen LogP contribution in [0.4, 0.5) is 0 Å². The average molecular weight is 233 g/mol. The van der Waals surface area contributed by atoms with Gasteiger partial charge in [0.25, 0.3) is 0 Å². The summed E-state index contributed by atoms with van der Waals surface area (Å²) in [6.45, 7) is 6.35. The lowest BCUT2D eigenvalue weighted by atomic mass is 10.2. The first-order valence-corrected chi connectivity index (χ1v) is 6.25. The van der Waals surface area contributed by atoms with Gasteiger partial charge in [0.05, 0.1) is 6.61 Å². The topological polar surface area (TPSA) is 33.0 Å². The van der Waals surface area contributed by atoms with Crippen LogP contribution >= 0.6 is 11.8 Å². The molecule has 0 aliphatic carbocycles. The van der Waals surface area contributed by atoms with Crippen LogP contribution in [0.3, 0.4) is 0 Å². The third-order valence-corrected chi connectivity index (χ3v) is 2.89. The Hall–Kier alpha value is -1.40. The number of thioether (sulfide) groups is 1. The van der Waals surface area contributed by atoms with E-state index in [2.05, 4.69) is 12.6 Å². The predicted molar refractivity (Wildman–Crippen MR) is 67.9 cm³/mol. The molecule has 2 nitrogen and oxygen atoms in total. The van der Waals surface area contributed by atoms with Crippen molar-refractivity contribution < 1.29 is 4.74 Å². The van der Waals surface area contributed by atoms with Crippen LogP contribution in [0.1, 0.15) is 18.9 Å². The zero-order chi connectivity index (χ0) is 12.0. The lowest BCUT2D eigenvalue weighted by molar-refractivity contribution is 0.320. The molecule has 0 atom stereocenters. The van der Waals surface area contributed by atoms with Crippen molar-refractivity contribution in [2.75, 3.05) is 12.9 Å². The van der Waals surface area contributed by atoms with E-state index in [1.165, 1.54) is 0 Å². The van der Waals surface area contributed by atoms with Crippen molar-refractivity contribution in [2.45, 2.75) is 18.2 Å². The molecule has 0 amide bonds. The quantitative estimate of drug-likeness (QED) is 0.575. The normalized spacial score (nSPS) is 9.56. The van der Waals surface area contributed by atoms with Crippen molar-refractivity contribution in [3.8, 4) is 11.8 Å². The molecule has 84 valence electrons. The molecule has 3 heteroatoms. The first kappa shape index (κ1) is 12.7. The van der Waals surface area contributed by atoms with E-state index >= 15 is 0 Å². The smallest absolute Gasteiger partial charge is 0.138 e. The number of rotatable bonds is 5. The number of benzene rings is 1. The first-order valence-electron chi connectivity index (χ1n) is 5.03. The zero-order valence-electron chi connectivity index (χ0n) is 9.62. The van der Waals surface area contributed by atoms with Crippen molar-refractivity contribution in [1.29, 1.82) is 5.26 Å². The molecule has 0 aliphatic rings. The highest BCUT2D eigenvalue weighted by molar-refractivity contribution is 7.98. The molecule has 0 fully saturated rings. The van der Waals surface area contributed by atoms with Crippen molar-refractivity contribution >= 4 is 11.8 Å². The van der Waals surface area contributed by atoms with Gasteiger partial charge in [-0.3, -0.25) is 0 Å². The summed E-state index contributed by atoms with van der Waals surface area (Å²) in [6, 6.07) is 7.85. The van der Waals surface area contributed by atoms with Gasteiger partial charge in [0.2, 0.25) is 0 Å². The summed E-state index contributed by atoms with van der Waals surface area (Å²) in [5, 5.41) is 9.08. The van der Waals surface area contributed by atoms with Gasteiger partial charge in [0.1, 0.15) is 17.4 Å². The summed E-state index contributed by atoms with van der Waals surface area (Å²) < 4.78 is 5.58. The summed E-state index contributed by atoms with van der Waals surface area (Å²) in [6.07, 6.45) is 2.77. The lowest BCUT2D eigenvalue weighted by Crippen LogP contribution is -1.99. The van der Waals surface area contributed by atoms with E-state index in [0.29, 0.717) is 17.9 Å². The van der Waals surface area contributed by atoms with Gasteiger partial charge in [-0.1, -0.05) is 11.6 Å². The van der Waals surface area contributed by atoms with Crippen LogP contribution in [-0.2, 0) is 0 Å². The second kappa shape index (κ2) is 6.24. The van der Waals surface area contributed by atoms with Gasteiger partial charge in [0.15, 0.2) is 0 Å². The van der Waals surface area contributed by atoms with Crippen LogP contribution in [0.25, 0.3) is 0 Å². The molecule has 0 radical (unpaired) electrons. The zero-order valence-corrected chi connectivity index (χ0v) is 10.4. The summed E-state index contributed by atoms with van der Waals surface area (Å²) in [5.41, 5.74) is 1.70. The molecule has 1 aromatic carbocycles. The highest BCUT2D eigenvalue weighted by Gasteiger charge is 2.07. The van der Waals surface area contributed by atoms with E-state index in [4.69, 9.17) is 10.00 Å². The Kier molecular flexibility index (Phi) is 4.94. The number of nitriles is 1. The highest BCUT2D eigenvalue weighted by atomic mass is 32.2. The molecule has 0 saturated carbocycles. The van der Waals surface area contributed by atoms with Gasteiger partial charge in [-0.15, -0.1) is 18.3 Å². The minimum absolute atomic E-state index is 0.571. The molecule has 0 aromatic heterocycles. The van der Waals surface area contributed by atoms with Crippen LogP contribution < -0.4 is 4.74 Å². The maximum Gasteiger partial charge on any atom is 0.138 e. The highest BCUT2D eigenvalue weighted by Crippen LogP contribution is 2.28. The molecular formula is C13H15NOS. The number of nitrogens with zero attached hydrogens (tertiary/aromatic N) is 1. The number of hydrogen-bond donors (Lipinski definition) is 0. The molecule has 0 saturated heterocycles. The molecule has 0 N–H and O–H groups in total. The molecule has 16 heavy (non-hydrogen) atoms. The third-order valence-electron chi connectivity index (χ3n) is 2.11. The maximum absolute atomic E-state index is 9.08. The minimum Gasteiger partial charge on any atom is -0.492 e. The van der Waals surface area contributed by atoms with E-state index in [1.807, 2.05) is 31.4 Å². The molecule has 0 unspecified atom stereocenters. The second-order valence-corrected chi connectivity index (χ2v) is 4.35. The minimum atomic E-state index is 0.571. The van der Waals surface area contributed by atoms with Gasteiger partial charge in [0, 0.05) is 11.3 Å². The maximum atomic E-state index is 9.08.